The van der Waals surface area contributed by atoms with Crippen LogP contribution in [0, 0.1) is 12.8 Å². The second-order valence-electron chi connectivity index (χ2n) is 6.21. The summed E-state index contributed by atoms with van der Waals surface area (Å²) in [5.74, 6) is 0.817. The maximum absolute atomic E-state index is 12.2. The van der Waals surface area contributed by atoms with E-state index in [0.717, 1.165) is 37.7 Å². The zero-order valence-corrected chi connectivity index (χ0v) is 13.9. The molecule has 0 radical (unpaired) electrons. The highest BCUT2D eigenvalue weighted by Gasteiger charge is 2.30. The summed E-state index contributed by atoms with van der Waals surface area (Å²) < 4.78 is 11.5. The quantitative estimate of drug-likeness (QED) is 0.834. The summed E-state index contributed by atoms with van der Waals surface area (Å²) >= 11 is 1.62. The van der Waals surface area contributed by atoms with E-state index in [4.69, 9.17) is 9.47 Å². The maximum atomic E-state index is 12.2. The molecule has 1 saturated carbocycles. The van der Waals surface area contributed by atoms with Crippen molar-refractivity contribution >= 4 is 17.2 Å². The molecule has 1 aromatic rings. The molecule has 2 fully saturated rings. The normalized spacial score (nSPS) is 25.1. The molecule has 0 spiro atoms. The van der Waals surface area contributed by atoms with Crippen molar-refractivity contribution in [1.82, 2.24) is 10.3 Å². The third-order valence-corrected chi connectivity index (χ3v) is 5.30. The molecule has 3 rings (SSSR count). The Labute approximate surface area is 135 Å². The summed E-state index contributed by atoms with van der Waals surface area (Å²) in [6.45, 7) is 4.10. The smallest absolute Gasteiger partial charge is 0.220 e. The van der Waals surface area contributed by atoms with Gasteiger partial charge in [-0.15, -0.1) is 11.3 Å². The number of ether oxygens (including phenoxy) is 2. The van der Waals surface area contributed by atoms with Gasteiger partial charge in [0.25, 0.3) is 0 Å². The SMILES string of the molecule is Cc1ncsc1CCC(=O)N[C@@H]1COCC[C@@H]1OCC1CC1. The highest BCUT2D eigenvalue weighted by molar-refractivity contribution is 7.09. The van der Waals surface area contributed by atoms with Gasteiger partial charge in [0.2, 0.25) is 5.91 Å². The van der Waals surface area contributed by atoms with Crippen molar-refractivity contribution in [3.05, 3.63) is 16.1 Å². The molecule has 2 heterocycles. The largest absolute Gasteiger partial charge is 0.379 e. The van der Waals surface area contributed by atoms with E-state index < -0.39 is 0 Å². The number of thiazole rings is 1. The molecule has 2 aliphatic rings. The van der Waals surface area contributed by atoms with E-state index in [2.05, 4.69) is 10.3 Å². The topological polar surface area (TPSA) is 60.5 Å². The van der Waals surface area contributed by atoms with E-state index in [1.165, 1.54) is 17.7 Å². The Morgan fingerprint density at radius 3 is 3.09 bits per heavy atom. The van der Waals surface area contributed by atoms with Crippen LogP contribution >= 0.6 is 11.3 Å². The van der Waals surface area contributed by atoms with Crippen molar-refractivity contribution in [2.75, 3.05) is 19.8 Å². The lowest BCUT2D eigenvalue weighted by Gasteiger charge is -2.32. The number of rotatable bonds is 7. The predicted octanol–water partition coefficient (Wildman–Crippen LogP) is 2.08. The van der Waals surface area contributed by atoms with Crippen molar-refractivity contribution in [3.8, 4) is 0 Å². The molecule has 1 amide bonds. The second-order valence-corrected chi connectivity index (χ2v) is 7.15. The summed E-state index contributed by atoms with van der Waals surface area (Å²) in [4.78, 5) is 17.6. The van der Waals surface area contributed by atoms with E-state index in [1.807, 2.05) is 12.4 Å². The van der Waals surface area contributed by atoms with Crippen LogP contribution < -0.4 is 5.32 Å². The minimum absolute atomic E-state index is 0.0115. The Morgan fingerprint density at radius 1 is 1.50 bits per heavy atom. The molecule has 1 aliphatic heterocycles. The molecule has 0 aromatic carbocycles. The van der Waals surface area contributed by atoms with Gasteiger partial charge in [-0.2, -0.15) is 0 Å². The van der Waals surface area contributed by atoms with Crippen LogP contribution in [0.3, 0.4) is 0 Å². The van der Waals surface area contributed by atoms with Crippen LogP contribution in [0.4, 0.5) is 0 Å². The number of hydrogen-bond acceptors (Lipinski definition) is 5. The molecular formula is C16H24N2O3S. The number of carbonyl (C=O) groups is 1. The van der Waals surface area contributed by atoms with E-state index >= 15 is 0 Å². The first-order valence-corrected chi connectivity index (χ1v) is 8.98. The van der Waals surface area contributed by atoms with E-state index in [1.54, 1.807) is 11.3 Å². The van der Waals surface area contributed by atoms with Gasteiger partial charge in [0, 0.05) is 24.5 Å². The molecule has 0 unspecified atom stereocenters. The third-order valence-electron chi connectivity index (χ3n) is 4.31. The minimum atomic E-state index is -0.0115. The van der Waals surface area contributed by atoms with Gasteiger partial charge in [0.05, 0.1) is 30.0 Å². The van der Waals surface area contributed by atoms with Gasteiger partial charge in [-0.25, -0.2) is 4.98 Å². The minimum Gasteiger partial charge on any atom is -0.379 e. The number of amides is 1. The van der Waals surface area contributed by atoms with Gasteiger partial charge in [-0.05, 0) is 38.5 Å². The summed E-state index contributed by atoms with van der Waals surface area (Å²) in [6.07, 6.45) is 4.79. The van der Waals surface area contributed by atoms with Gasteiger partial charge in [-0.1, -0.05) is 0 Å². The molecule has 1 saturated heterocycles. The van der Waals surface area contributed by atoms with Crippen LogP contribution in [0.5, 0.6) is 0 Å². The van der Waals surface area contributed by atoms with Gasteiger partial charge in [-0.3, -0.25) is 4.79 Å². The summed E-state index contributed by atoms with van der Waals surface area (Å²) in [5, 5.41) is 3.09. The molecular weight excluding hydrogens is 300 g/mol. The van der Waals surface area contributed by atoms with Crippen molar-refractivity contribution in [3.63, 3.8) is 0 Å². The highest BCUT2D eigenvalue weighted by Crippen LogP contribution is 2.30. The molecule has 1 N–H and O–H groups in total. The maximum Gasteiger partial charge on any atom is 0.220 e. The van der Waals surface area contributed by atoms with Gasteiger partial charge in [0.15, 0.2) is 0 Å². The molecule has 6 heteroatoms. The molecule has 1 aliphatic carbocycles. The van der Waals surface area contributed by atoms with Crippen LogP contribution in [-0.4, -0.2) is 42.9 Å². The highest BCUT2D eigenvalue weighted by atomic mass is 32.1. The number of carbonyl (C=O) groups excluding carboxylic acids is 1. The molecule has 1 aromatic heterocycles. The van der Waals surface area contributed by atoms with E-state index in [0.29, 0.717) is 13.0 Å². The van der Waals surface area contributed by atoms with Crippen molar-refractivity contribution in [1.29, 1.82) is 0 Å². The molecule has 22 heavy (non-hydrogen) atoms. The summed E-state index contributed by atoms with van der Waals surface area (Å²) in [6, 6.07) is -0.0115. The Morgan fingerprint density at radius 2 is 2.36 bits per heavy atom. The van der Waals surface area contributed by atoms with E-state index in [-0.39, 0.29) is 18.1 Å². The standard InChI is InChI=1S/C16H24N2O3S/c1-11-15(22-10-17-11)4-5-16(19)18-13-9-20-7-6-14(13)21-8-12-2-3-12/h10,12-14H,2-9H2,1H3,(H,18,19)/t13-,14+/m1/s1. The first kappa shape index (κ1) is 15.9. The van der Waals surface area contributed by atoms with Crippen LogP contribution in [0.15, 0.2) is 5.51 Å². The third kappa shape index (κ3) is 4.51. The summed E-state index contributed by atoms with van der Waals surface area (Å²) in [5.41, 5.74) is 2.86. The summed E-state index contributed by atoms with van der Waals surface area (Å²) in [7, 11) is 0. The predicted molar refractivity (Wildman–Crippen MR) is 85.0 cm³/mol. The van der Waals surface area contributed by atoms with Crippen LogP contribution in [0.25, 0.3) is 0 Å². The number of hydrogen-bond donors (Lipinski definition) is 1. The van der Waals surface area contributed by atoms with Crippen LogP contribution in [0.2, 0.25) is 0 Å². The van der Waals surface area contributed by atoms with Crippen LogP contribution in [-0.2, 0) is 20.7 Å². The number of aromatic nitrogens is 1. The molecule has 0 bridgehead atoms. The zero-order valence-electron chi connectivity index (χ0n) is 13.0. The second kappa shape index (κ2) is 7.53. The van der Waals surface area contributed by atoms with Crippen molar-refractivity contribution in [2.45, 2.75) is 51.2 Å². The first-order chi connectivity index (χ1) is 10.7. The lowest BCUT2D eigenvalue weighted by Crippen LogP contribution is -2.50. The lowest BCUT2D eigenvalue weighted by atomic mass is 10.1. The fraction of sp³-hybridized carbons (Fsp3) is 0.750. The zero-order chi connectivity index (χ0) is 15.4. The number of aryl methyl sites for hydroxylation is 2. The number of nitrogens with zero attached hydrogens (tertiary/aromatic N) is 1. The Bertz CT molecular complexity index is 501. The fourth-order valence-corrected chi connectivity index (χ4v) is 3.45. The lowest BCUT2D eigenvalue weighted by molar-refractivity contribution is -0.126. The van der Waals surface area contributed by atoms with Crippen molar-refractivity contribution < 1.29 is 14.3 Å². The van der Waals surface area contributed by atoms with Gasteiger partial charge < -0.3 is 14.8 Å². The van der Waals surface area contributed by atoms with Gasteiger partial charge >= 0.3 is 0 Å². The molecule has 5 nitrogen and oxygen atoms in total. The molecule has 122 valence electrons. The first-order valence-electron chi connectivity index (χ1n) is 8.10. The Kier molecular flexibility index (Phi) is 5.44. The Balaban J connectivity index is 1.44. The Hall–Kier alpha value is -0.980. The monoisotopic (exact) mass is 324 g/mol. The van der Waals surface area contributed by atoms with E-state index in [9.17, 15) is 4.79 Å². The number of nitrogens with one attached hydrogen (secondary N) is 1. The average molecular weight is 324 g/mol. The molecule has 2 atom stereocenters. The fourth-order valence-electron chi connectivity index (χ4n) is 2.67. The average Bonchev–Trinajstić information content (AvgIpc) is 3.26. The van der Waals surface area contributed by atoms with Gasteiger partial charge in [0.1, 0.15) is 0 Å². The van der Waals surface area contributed by atoms with Crippen LogP contribution in [0.1, 0.15) is 36.3 Å². The van der Waals surface area contributed by atoms with Crippen molar-refractivity contribution in [2.24, 2.45) is 5.92 Å².